The highest BCUT2D eigenvalue weighted by atomic mass is 16.5. The lowest BCUT2D eigenvalue weighted by Gasteiger charge is -2.36. The van der Waals surface area contributed by atoms with Crippen LogP contribution in [0.4, 0.5) is 5.69 Å². The summed E-state index contributed by atoms with van der Waals surface area (Å²) in [4.78, 5) is 2.58. The molecule has 1 fully saturated rings. The van der Waals surface area contributed by atoms with Gasteiger partial charge in [0.05, 0.1) is 12.2 Å². The first-order chi connectivity index (χ1) is 9.85. The number of ether oxygens (including phenoxy) is 1. The Hall–Kier alpha value is -1.22. The molecule has 0 radical (unpaired) electrons. The third-order valence-corrected chi connectivity index (χ3v) is 4.57. The Morgan fingerprint density at radius 3 is 2.85 bits per heavy atom. The first-order valence-electron chi connectivity index (χ1n) is 8.07. The second kappa shape index (κ2) is 6.49. The van der Waals surface area contributed by atoms with E-state index in [1.54, 1.807) is 0 Å². The lowest BCUT2D eigenvalue weighted by atomic mass is 9.92. The van der Waals surface area contributed by atoms with E-state index in [9.17, 15) is 0 Å². The maximum Gasteiger partial charge on any atom is 0.142 e. The number of hydrogen-bond donors (Lipinski definition) is 1. The van der Waals surface area contributed by atoms with Gasteiger partial charge in [-0.3, -0.25) is 4.90 Å². The standard InChI is InChI=1S/C17H26N2O/c1-2-5-14-8-10-19(11-9-14)13-15-12-18-16-6-3-4-7-17(16)20-15/h3-4,6-7,14-15,18H,2,5,8-13H2,1H3. The van der Waals surface area contributed by atoms with Crippen LogP contribution in [0.25, 0.3) is 0 Å². The average Bonchev–Trinajstić information content (AvgIpc) is 2.49. The molecule has 1 N–H and O–H groups in total. The molecule has 0 amide bonds. The molecular formula is C17H26N2O. The SMILES string of the molecule is CCCC1CCN(CC2CNc3ccccc3O2)CC1. The van der Waals surface area contributed by atoms with Gasteiger partial charge in [0.2, 0.25) is 0 Å². The van der Waals surface area contributed by atoms with Gasteiger partial charge in [-0.05, 0) is 44.0 Å². The minimum absolute atomic E-state index is 0.285. The molecule has 3 heteroatoms. The molecule has 20 heavy (non-hydrogen) atoms. The van der Waals surface area contributed by atoms with Gasteiger partial charge in [-0.2, -0.15) is 0 Å². The van der Waals surface area contributed by atoms with E-state index in [1.807, 2.05) is 12.1 Å². The molecule has 0 spiro atoms. The number of nitrogens with one attached hydrogen (secondary N) is 1. The van der Waals surface area contributed by atoms with E-state index >= 15 is 0 Å². The van der Waals surface area contributed by atoms with Crippen molar-refractivity contribution in [2.75, 3.05) is 31.5 Å². The van der Waals surface area contributed by atoms with Gasteiger partial charge in [-0.15, -0.1) is 0 Å². The Morgan fingerprint density at radius 2 is 2.05 bits per heavy atom. The maximum atomic E-state index is 6.10. The highest BCUT2D eigenvalue weighted by molar-refractivity contribution is 5.57. The van der Waals surface area contributed by atoms with Gasteiger partial charge >= 0.3 is 0 Å². The van der Waals surface area contributed by atoms with E-state index in [1.165, 1.54) is 38.8 Å². The van der Waals surface area contributed by atoms with Crippen molar-refractivity contribution in [3.8, 4) is 5.75 Å². The van der Waals surface area contributed by atoms with Crippen LogP contribution < -0.4 is 10.1 Å². The first-order valence-corrected chi connectivity index (χ1v) is 8.07. The monoisotopic (exact) mass is 274 g/mol. The van der Waals surface area contributed by atoms with Crippen LogP contribution >= 0.6 is 0 Å². The van der Waals surface area contributed by atoms with E-state index in [0.29, 0.717) is 0 Å². The third-order valence-electron chi connectivity index (χ3n) is 4.57. The van der Waals surface area contributed by atoms with E-state index in [0.717, 1.165) is 30.4 Å². The lowest BCUT2D eigenvalue weighted by molar-refractivity contribution is 0.105. The largest absolute Gasteiger partial charge is 0.485 e. The summed E-state index contributed by atoms with van der Waals surface area (Å²) in [5.74, 6) is 1.96. The zero-order valence-electron chi connectivity index (χ0n) is 12.5. The van der Waals surface area contributed by atoms with Gasteiger partial charge < -0.3 is 10.1 Å². The van der Waals surface area contributed by atoms with E-state index in [-0.39, 0.29) is 6.10 Å². The van der Waals surface area contributed by atoms with Crippen LogP contribution in [0.1, 0.15) is 32.6 Å². The summed E-state index contributed by atoms with van der Waals surface area (Å²) in [6.07, 6.45) is 5.75. The number of likely N-dealkylation sites (tertiary alicyclic amines) is 1. The molecule has 2 aliphatic heterocycles. The Balaban J connectivity index is 1.48. The van der Waals surface area contributed by atoms with Gasteiger partial charge in [-0.1, -0.05) is 31.9 Å². The number of piperidine rings is 1. The molecule has 110 valence electrons. The van der Waals surface area contributed by atoms with Crippen molar-refractivity contribution < 1.29 is 4.74 Å². The first kappa shape index (κ1) is 13.7. The number of anilines is 1. The highest BCUT2D eigenvalue weighted by Gasteiger charge is 2.24. The number of para-hydroxylation sites is 2. The van der Waals surface area contributed by atoms with Crippen LogP contribution in [0.3, 0.4) is 0 Å². The predicted octanol–water partition coefficient (Wildman–Crippen LogP) is 3.37. The molecule has 0 aliphatic carbocycles. The summed E-state index contributed by atoms with van der Waals surface area (Å²) in [5.41, 5.74) is 1.13. The predicted molar refractivity (Wildman–Crippen MR) is 83.4 cm³/mol. The summed E-state index contributed by atoms with van der Waals surface area (Å²) < 4.78 is 6.10. The lowest BCUT2D eigenvalue weighted by Crippen LogP contribution is -2.44. The number of fused-ring (bicyclic) bond motifs is 1. The molecule has 1 unspecified atom stereocenters. The quantitative estimate of drug-likeness (QED) is 0.911. The summed E-state index contributed by atoms with van der Waals surface area (Å²) in [7, 11) is 0. The molecule has 0 bridgehead atoms. The topological polar surface area (TPSA) is 24.5 Å². The second-order valence-corrected chi connectivity index (χ2v) is 6.15. The molecule has 1 atom stereocenters. The van der Waals surface area contributed by atoms with Crippen LogP contribution in [0.15, 0.2) is 24.3 Å². The Kier molecular flexibility index (Phi) is 4.46. The van der Waals surface area contributed by atoms with Crippen LogP contribution in [-0.2, 0) is 0 Å². The van der Waals surface area contributed by atoms with Crippen molar-refractivity contribution in [1.82, 2.24) is 4.90 Å². The van der Waals surface area contributed by atoms with Gasteiger partial charge in [0.1, 0.15) is 11.9 Å². The van der Waals surface area contributed by atoms with Crippen molar-refractivity contribution >= 4 is 5.69 Å². The summed E-state index contributed by atoms with van der Waals surface area (Å²) in [5, 5.41) is 3.48. The molecule has 2 heterocycles. The smallest absolute Gasteiger partial charge is 0.142 e. The molecule has 3 nitrogen and oxygen atoms in total. The minimum Gasteiger partial charge on any atom is -0.485 e. The second-order valence-electron chi connectivity index (χ2n) is 6.15. The van der Waals surface area contributed by atoms with Crippen molar-refractivity contribution in [1.29, 1.82) is 0 Å². The molecule has 0 saturated carbocycles. The molecule has 2 aliphatic rings. The zero-order valence-corrected chi connectivity index (χ0v) is 12.5. The van der Waals surface area contributed by atoms with E-state index in [2.05, 4.69) is 29.3 Å². The molecule has 1 aromatic rings. The fraction of sp³-hybridized carbons (Fsp3) is 0.647. The van der Waals surface area contributed by atoms with Gasteiger partial charge in [-0.25, -0.2) is 0 Å². The maximum absolute atomic E-state index is 6.10. The number of benzene rings is 1. The van der Waals surface area contributed by atoms with Gasteiger partial charge in [0, 0.05) is 6.54 Å². The van der Waals surface area contributed by atoms with Crippen LogP contribution in [-0.4, -0.2) is 37.2 Å². The summed E-state index contributed by atoms with van der Waals surface area (Å²) in [6.45, 7) is 6.76. The summed E-state index contributed by atoms with van der Waals surface area (Å²) >= 11 is 0. The molecule has 1 aromatic carbocycles. The minimum atomic E-state index is 0.285. The average molecular weight is 274 g/mol. The van der Waals surface area contributed by atoms with Crippen LogP contribution in [0.5, 0.6) is 5.75 Å². The van der Waals surface area contributed by atoms with Gasteiger partial charge in [0.15, 0.2) is 0 Å². The van der Waals surface area contributed by atoms with Crippen molar-refractivity contribution in [3.05, 3.63) is 24.3 Å². The molecule has 3 rings (SSSR count). The fourth-order valence-corrected chi connectivity index (χ4v) is 3.42. The van der Waals surface area contributed by atoms with Gasteiger partial charge in [0.25, 0.3) is 0 Å². The number of hydrogen-bond acceptors (Lipinski definition) is 3. The molecule has 0 aromatic heterocycles. The van der Waals surface area contributed by atoms with Crippen molar-refractivity contribution in [3.63, 3.8) is 0 Å². The van der Waals surface area contributed by atoms with Crippen molar-refractivity contribution in [2.45, 2.75) is 38.7 Å². The van der Waals surface area contributed by atoms with Crippen molar-refractivity contribution in [2.24, 2.45) is 5.92 Å². The van der Waals surface area contributed by atoms with E-state index < -0.39 is 0 Å². The Bertz CT molecular complexity index is 427. The normalized spacial score (nSPS) is 23.8. The van der Waals surface area contributed by atoms with Crippen LogP contribution in [0.2, 0.25) is 0 Å². The van der Waals surface area contributed by atoms with Crippen LogP contribution in [0, 0.1) is 5.92 Å². The number of rotatable bonds is 4. The number of nitrogens with zero attached hydrogens (tertiary/aromatic N) is 1. The third kappa shape index (κ3) is 3.26. The highest BCUT2D eigenvalue weighted by Crippen LogP contribution is 2.29. The zero-order chi connectivity index (χ0) is 13.8. The Labute approximate surface area is 122 Å². The summed E-state index contributed by atoms with van der Waals surface area (Å²) in [6, 6.07) is 8.23. The fourth-order valence-electron chi connectivity index (χ4n) is 3.42. The Morgan fingerprint density at radius 1 is 1.25 bits per heavy atom. The van der Waals surface area contributed by atoms with E-state index in [4.69, 9.17) is 4.74 Å². The molecule has 1 saturated heterocycles. The molecular weight excluding hydrogens is 248 g/mol.